The van der Waals surface area contributed by atoms with Crippen LogP contribution >= 0.6 is 23.2 Å². The Hall–Kier alpha value is -0.880. The van der Waals surface area contributed by atoms with Crippen LogP contribution in [0.5, 0.6) is 0 Å². The SMILES string of the molecule is O=[N+]([O-])c1ccc(C2(CCl)OC[C@@H](CCl)O2)cc1. The Balaban J connectivity index is 2.25. The lowest BCUT2D eigenvalue weighted by Crippen LogP contribution is -2.30. The Morgan fingerprint density at radius 3 is 2.50 bits per heavy atom. The molecule has 1 aliphatic rings. The maximum atomic E-state index is 10.6. The van der Waals surface area contributed by atoms with E-state index in [1.54, 1.807) is 12.1 Å². The first kappa shape index (κ1) is 13.5. The monoisotopic (exact) mass is 291 g/mol. The minimum atomic E-state index is -1.06. The van der Waals surface area contributed by atoms with Gasteiger partial charge in [-0.3, -0.25) is 10.1 Å². The van der Waals surface area contributed by atoms with Crippen LogP contribution in [0.4, 0.5) is 5.69 Å². The number of nitrogens with zero attached hydrogens (tertiary/aromatic N) is 1. The zero-order valence-electron chi connectivity index (χ0n) is 9.34. The lowest BCUT2D eigenvalue weighted by Gasteiger charge is -2.25. The van der Waals surface area contributed by atoms with Crippen molar-refractivity contribution in [3.63, 3.8) is 0 Å². The standard InChI is InChI=1S/C11H11Cl2NO4/c12-5-10-6-17-11(7-13,18-10)8-1-3-9(4-2-8)14(15)16/h1-4,10H,5-7H2/t10-,11?/m1/s1. The summed E-state index contributed by atoms with van der Waals surface area (Å²) >= 11 is 11.6. The number of non-ortho nitro benzene ring substituents is 1. The second-order valence-corrected chi connectivity index (χ2v) is 4.47. The molecular weight excluding hydrogens is 281 g/mol. The summed E-state index contributed by atoms with van der Waals surface area (Å²) in [6.07, 6.45) is -0.222. The molecule has 0 bridgehead atoms. The van der Waals surface area contributed by atoms with Crippen molar-refractivity contribution in [1.29, 1.82) is 0 Å². The first-order chi connectivity index (χ1) is 8.61. The lowest BCUT2D eigenvalue weighted by molar-refractivity contribution is -0.384. The van der Waals surface area contributed by atoms with Gasteiger partial charge in [0.25, 0.3) is 5.69 Å². The van der Waals surface area contributed by atoms with E-state index in [0.717, 1.165) is 0 Å². The molecular formula is C11H11Cl2NO4. The van der Waals surface area contributed by atoms with E-state index in [2.05, 4.69) is 0 Å². The van der Waals surface area contributed by atoms with Crippen LogP contribution in [-0.2, 0) is 15.3 Å². The topological polar surface area (TPSA) is 61.6 Å². The van der Waals surface area contributed by atoms with Gasteiger partial charge in [0.05, 0.1) is 29.4 Å². The molecule has 1 unspecified atom stereocenters. The van der Waals surface area contributed by atoms with Gasteiger partial charge in [-0.1, -0.05) is 0 Å². The molecule has 1 heterocycles. The van der Waals surface area contributed by atoms with Gasteiger partial charge in [-0.05, 0) is 12.1 Å². The molecule has 5 nitrogen and oxygen atoms in total. The van der Waals surface area contributed by atoms with Crippen molar-refractivity contribution in [1.82, 2.24) is 0 Å². The normalized spacial score (nSPS) is 27.3. The molecule has 7 heteroatoms. The Morgan fingerprint density at radius 2 is 2.06 bits per heavy atom. The molecule has 1 aromatic carbocycles. The summed E-state index contributed by atoms with van der Waals surface area (Å²) in [5, 5.41) is 10.6. The molecule has 0 radical (unpaired) electrons. The second-order valence-electron chi connectivity index (χ2n) is 3.90. The summed E-state index contributed by atoms with van der Waals surface area (Å²) < 4.78 is 11.2. The number of rotatable bonds is 4. The predicted molar refractivity (Wildman–Crippen MR) is 67.0 cm³/mol. The van der Waals surface area contributed by atoms with Crippen LogP contribution < -0.4 is 0 Å². The van der Waals surface area contributed by atoms with E-state index in [1.165, 1.54) is 12.1 Å². The Bertz CT molecular complexity index is 439. The fraction of sp³-hybridized carbons (Fsp3) is 0.455. The first-order valence-corrected chi connectivity index (χ1v) is 6.37. The third kappa shape index (κ3) is 2.44. The number of hydrogen-bond donors (Lipinski definition) is 0. The summed E-state index contributed by atoms with van der Waals surface area (Å²) in [6.45, 7) is 0.354. The second kappa shape index (κ2) is 5.40. The van der Waals surface area contributed by atoms with Crippen LogP contribution in [0.3, 0.4) is 0 Å². The van der Waals surface area contributed by atoms with Crippen molar-refractivity contribution in [2.45, 2.75) is 11.9 Å². The van der Waals surface area contributed by atoms with Crippen molar-refractivity contribution in [3.05, 3.63) is 39.9 Å². The molecule has 1 fully saturated rings. The number of nitro benzene ring substituents is 1. The van der Waals surface area contributed by atoms with Crippen molar-refractivity contribution in [3.8, 4) is 0 Å². The number of nitro groups is 1. The van der Waals surface area contributed by atoms with Gasteiger partial charge in [-0.15, -0.1) is 23.2 Å². The maximum absolute atomic E-state index is 10.6. The van der Waals surface area contributed by atoms with Gasteiger partial charge < -0.3 is 9.47 Å². The third-order valence-corrected chi connectivity index (χ3v) is 3.42. The summed E-state index contributed by atoms with van der Waals surface area (Å²) in [6, 6.07) is 5.95. The fourth-order valence-electron chi connectivity index (χ4n) is 1.78. The zero-order valence-corrected chi connectivity index (χ0v) is 10.9. The quantitative estimate of drug-likeness (QED) is 0.486. The third-order valence-electron chi connectivity index (χ3n) is 2.73. The predicted octanol–water partition coefficient (Wildman–Crippen LogP) is 2.64. The molecule has 0 N–H and O–H groups in total. The van der Waals surface area contributed by atoms with Crippen molar-refractivity contribution in [2.75, 3.05) is 18.4 Å². The molecule has 18 heavy (non-hydrogen) atoms. The molecule has 0 aromatic heterocycles. The molecule has 0 spiro atoms. The number of ether oxygens (including phenoxy) is 2. The van der Waals surface area contributed by atoms with Crippen LogP contribution in [0, 0.1) is 10.1 Å². The minimum Gasteiger partial charge on any atom is -0.342 e. The molecule has 1 saturated heterocycles. The Kier molecular flexibility index (Phi) is 4.07. The van der Waals surface area contributed by atoms with Crippen molar-refractivity contribution < 1.29 is 14.4 Å². The van der Waals surface area contributed by atoms with Gasteiger partial charge in [0.1, 0.15) is 0 Å². The molecule has 1 aliphatic heterocycles. The summed E-state index contributed by atoms with van der Waals surface area (Å²) in [5.41, 5.74) is 0.658. The Morgan fingerprint density at radius 1 is 1.39 bits per heavy atom. The number of hydrogen-bond acceptors (Lipinski definition) is 4. The van der Waals surface area contributed by atoms with E-state index in [0.29, 0.717) is 18.1 Å². The fourth-order valence-corrected chi connectivity index (χ4v) is 2.22. The van der Waals surface area contributed by atoms with E-state index in [1.807, 2.05) is 0 Å². The van der Waals surface area contributed by atoms with E-state index >= 15 is 0 Å². The van der Waals surface area contributed by atoms with Gasteiger partial charge in [-0.2, -0.15) is 0 Å². The van der Waals surface area contributed by atoms with E-state index in [-0.39, 0.29) is 17.7 Å². The largest absolute Gasteiger partial charge is 0.342 e. The highest BCUT2D eigenvalue weighted by Crippen LogP contribution is 2.36. The van der Waals surface area contributed by atoms with Gasteiger partial charge in [0, 0.05) is 17.7 Å². The van der Waals surface area contributed by atoms with Gasteiger partial charge in [-0.25, -0.2) is 0 Å². The number of benzene rings is 1. The van der Waals surface area contributed by atoms with Gasteiger partial charge in [0.2, 0.25) is 5.79 Å². The summed E-state index contributed by atoms with van der Waals surface area (Å²) in [7, 11) is 0. The van der Waals surface area contributed by atoms with E-state index < -0.39 is 10.7 Å². The van der Waals surface area contributed by atoms with Crippen LogP contribution in [0.1, 0.15) is 5.56 Å². The number of halogens is 2. The smallest absolute Gasteiger partial charge is 0.269 e. The molecule has 2 rings (SSSR count). The summed E-state index contributed by atoms with van der Waals surface area (Å²) in [5.74, 6) is -0.653. The molecule has 0 saturated carbocycles. The zero-order chi connectivity index (χ0) is 13.2. The van der Waals surface area contributed by atoms with Crippen LogP contribution in [-0.4, -0.2) is 29.4 Å². The van der Waals surface area contributed by atoms with Crippen LogP contribution in [0.25, 0.3) is 0 Å². The highest BCUT2D eigenvalue weighted by Gasteiger charge is 2.42. The summed E-state index contributed by atoms with van der Waals surface area (Å²) in [4.78, 5) is 10.1. The van der Waals surface area contributed by atoms with Crippen LogP contribution in [0.2, 0.25) is 0 Å². The Labute approximate surface area is 114 Å². The average Bonchev–Trinajstić information content (AvgIpc) is 2.84. The number of alkyl halides is 2. The highest BCUT2D eigenvalue weighted by molar-refractivity contribution is 6.18. The van der Waals surface area contributed by atoms with Crippen LogP contribution in [0.15, 0.2) is 24.3 Å². The molecule has 0 amide bonds. The first-order valence-electron chi connectivity index (χ1n) is 5.30. The lowest BCUT2D eigenvalue weighted by atomic mass is 10.1. The van der Waals surface area contributed by atoms with Crippen molar-refractivity contribution in [2.24, 2.45) is 0 Å². The van der Waals surface area contributed by atoms with Crippen molar-refractivity contribution >= 4 is 28.9 Å². The average molecular weight is 292 g/mol. The maximum Gasteiger partial charge on any atom is 0.269 e. The molecule has 2 atom stereocenters. The minimum absolute atomic E-state index is 0.00960. The van der Waals surface area contributed by atoms with E-state index in [9.17, 15) is 10.1 Å². The van der Waals surface area contributed by atoms with Gasteiger partial charge >= 0.3 is 0 Å². The van der Waals surface area contributed by atoms with E-state index in [4.69, 9.17) is 32.7 Å². The molecule has 1 aromatic rings. The highest BCUT2D eigenvalue weighted by atomic mass is 35.5. The van der Waals surface area contributed by atoms with Gasteiger partial charge in [0.15, 0.2) is 0 Å². The molecule has 98 valence electrons. The molecule has 0 aliphatic carbocycles.